The van der Waals surface area contributed by atoms with Crippen molar-refractivity contribution in [3.8, 4) is 5.75 Å². The highest BCUT2D eigenvalue weighted by molar-refractivity contribution is 7.91. The standard InChI is InChI=1S/C11H16O3S/c1-2-8-15(13,14)9-7-10-3-5-11(12)6-4-10/h3-6,12H,2,7-9H2,1H3. The number of hydrogen-bond donors (Lipinski definition) is 1. The van der Waals surface area contributed by atoms with Gasteiger partial charge in [0, 0.05) is 5.75 Å². The van der Waals surface area contributed by atoms with E-state index in [0.29, 0.717) is 12.8 Å². The van der Waals surface area contributed by atoms with Gasteiger partial charge in [0.15, 0.2) is 9.84 Å². The Morgan fingerprint density at radius 2 is 1.73 bits per heavy atom. The van der Waals surface area contributed by atoms with Crippen LogP contribution < -0.4 is 0 Å². The maximum atomic E-state index is 11.4. The van der Waals surface area contributed by atoms with Crippen LogP contribution in [0.25, 0.3) is 0 Å². The highest BCUT2D eigenvalue weighted by Crippen LogP contribution is 2.10. The van der Waals surface area contributed by atoms with Crippen LogP contribution in [-0.4, -0.2) is 25.0 Å². The summed E-state index contributed by atoms with van der Waals surface area (Å²) in [6, 6.07) is 6.64. The minimum absolute atomic E-state index is 0.186. The predicted octanol–water partition coefficient (Wildman–Crippen LogP) is 1.76. The fourth-order valence-electron chi connectivity index (χ4n) is 1.35. The zero-order valence-corrected chi connectivity index (χ0v) is 9.63. The summed E-state index contributed by atoms with van der Waals surface area (Å²) in [6.45, 7) is 1.86. The number of phenols is 1. The second-order valence-corrected chi connectivity index (χ2v) is 5.87. The zero-order chi connectivity index (χ0) is 11.3. The van der Waals surface area contributed by atoms with Crippen LogP contribution in [0.2, 0.25) is 0 Å². The molecule has 84 valence electrons. The number of rotatable bonds is 5. The lowest BCUT2D eigenvalue weighted by Gasteiger charge is -2.03. The molecule has 0 unspecified atom stereocenters. The van der Waals surface area contributed by atoms with E-state index in [1.165, 1.54) is 0 Å². The number of sulfone groups is 1. The minimum Gasteiger partial charge on any atom is -0.508 e. The predicted molar refractivity (Wildman–Crippen MR) is 60.8 cm³/mol. The van der Waals surface area contributed by atoms with Gasteiger partial charge >= 0.3 is 0 Å². The first-order chi connectivity index (χ1) is 7.03. The Morgan fingerprint density at radius 1 is 1.13 bits per heavy atom. The Bertz CT molecular complexity index is 392. The van der Waals surface area contributed by atoms with E-state index in [0.717, 1.165) is 5.56 Å². The van der Waals surface area contributed by atoms with E-state index >= 15 is 0 Å². The van der Waals surface area contributed by atoms with Crippen LogP contribution in [0.15, 0.2) is 24.3 Å². The largest absolute Gasteiger partial charge is 0.508 e. The van der Waals surface area contributed by atoms with Gasteiger partial charge in [-0.25, -0.2) is 8.42 Å². The van der Waals surface area contributed by atoms with Gasteiger partial charge < -0.3 is 5.11 Å². The number of aromatic hydroxyl groups is 1. The van der Waals surface area contributed by atoms with Crippen molar-refractivity contribution in [3.05, 3.63) is 29.8 Å². The highest BCUT2D eigenvalue weighted by atomic mass is 32.2. The molecule has 15 heavy (non-hydrogen) atoms. The third-order valence-electron chi connectivity index (χ3n) is 2.15. The molecule has 0 saturated heterocycles. The molecule has 1 rings (SSSR count). The van der Waals surface area contributed by atoms with Crippen LogP contribution in [0.1, 0.15) is 18.9 Å². The first-order valence-electron chi connectivity index (χ1n) is 5.02. The summed E-state index contributed by atoms with van der Waals surface area (Å²) in [7, 11) is -2.90. The van der Waals surface area contributed by atoms with Crippen molar-refractivity contribution in [2.24, 2.45) is 0 Å². The van der Waals surface area contributed by atoms with Crippen LogP contribution in [0, 0.1) is 0 Å². The van der Waals surface area contributed by atoms with Crippen LogP contribution in [0.3, 0.4) is 0 Å². The molecular weight excluding hydrogens is 212 g/mol. The zero-order valence-electron chi connectivity index (χ0n) is 8.81. The van der Waals surface area contributed by atoms with E-state index in [1.807, 2.05) is 6.92 Å². The Hall–Kier alpha value is -1.03. The van der Waals surface area contributed by atoms with E-state index in [-0.39, 0.29) is 17.3 Å². The molecule has 0 atom stereocenters. The van der Waals surface area contributed by atoms with E-state index in [2.05, 4.69) is 0 Å². The molecule has 0 radical (unpaired) electrons. The van der Waals surface area contributed by atoms with Crippen molar-refractivity contribution in [2.75, 3.05) is 11.5 Å². The summed E-state index contributed by atoms with van der Waals surface area (Å²) in [6.07, 6.45) is 1.18. The van der Waals surface area contributed by atoms with Gasteiger partial charge in [0.05, 0.1) is 5.75 Å². The van der Waals surface area contributed by atoms with Crippen molar-refractivity contribution >= 4 is 9.84 Å². The van der Waals surface area contributed by atoms with E-state index in [4.69, 9.17) is 5.11 Å². The van der Waals surface area contributed by atoms with Crippen molar-refractivity contribution in [1.29, 1.82) is 0 Å². The van der Waals surface area contributed by atoms with Crippen molar-refractivity contribution < 1.29 is 13.5 Å². The lowest BCUT2D eigenvalue weighted by molar-refractivity contribution is 0.475. The third kappa shape index (κ3) is 4.34. The van der Waals surface area contributed by atoms with Crippen molar-refractivity contribution in [2.45, 2.75) is 19.8 Å². The lowest BCUT2D eigenvalue weighted by Crippen LogP contribution is -2.12. The van der Waals surface area contributed by atoms with Gasteiger partial charge in [-0.2, -0.15) is 0 Å². The monoisotopic (exact) mass is 228 g/mol. The second kappa shape index (κ2) is 5.16. The number of hydrogen-bond acceptors (Lipinski definition) is 3. The molecule has 1 aromatic rings. The molecule has 1 aromatic carbocycles. The van der Waals surface area contributed by atoms with Gasteiger partial charge in [0.25, 0.3) is 0 Å². The van der Waals surface area contributed by atoms with Crippen LogP contribution in [0.5, 0.6) is 5.75 Å². The Labute approximate surface area is 90.7 Å². The fourth-order valence-corrected chi connectivity index (χ4v) is 2.72. The van der Waals surface area contributed by atoms with Gasteiger partial charge in [-0.05, 0) is 30.5 Å². The maximum Gasteiger partial charge on any atom is 0.150 e. The molecule has 0 aliphatic carbocycles. The molecule has 0 spiro atoms. The normalized spacial score (nSPS) is 11.5. The van der Waals surface area contributed by atoms with Gasteiger partial charge in [-0.1, -0.05) is 19.1 Å². The van der Waals surface area contributed by atoms with E-state index < -0.39 is 9.84 Å². The molecule has 0 heterocycles. The Balaban J connectivity index is 2.54. The molecule has 0 fully saturated rings. The average Bonchev–Trinajstić information content (AvgIpc) is 2.17. The molecule has 1 N–H and O–H groups in total. The Morgan fingerprint density at radius 3 is 2.27 bits per heavy atom. The van der Waals surface area contributed by atoms with Crippen LogP contribution >= 0.6 is 0 Å². The molecular formula is C11H16O3S. The second-order valence-electron chi connectivity index (χ2n) is 3.57. The number of aryl methyl sites for hydroxylation is 1. The van der Waals surface area contributed by atoms with E-state index in [9.17, 15) is 8.42 Å². The van der Waals surface area contributed by atoms with Gasteiger partial charge in [0.1, 0.15) is 5.75 Å². The smallest absolute Gasteiger partial charge is 0.150 e. The summed E-state index contributed by atoms with van der Waals surface area (Å²) >= 11 is 0. The molecule has 0 saturated carbocycles. The van der Waals surface area contributed by atoms with Crippen LogP contribution in [-0.2, 0) is 16.3 Å². The molecule has 0 amide bonds. The maximum absolute atomic E-state index is 11.4. The quantitative estimate of drug-likeness (QED) is 0.835. The molecule has 0 aliphatic rings. The van der Waals surface area contributed by atoms with Gasteiger partial charge in [0.2, 0.25) is 0 Å². The summed E-state index contributed by atoms with van der Waals surface area (Å²) in [5.41, 5.74) is 0.937. The number of benzene rings is 1. The minimum atomic E-state index is -2.90. The molecule has 3 nitrogen and oxygen atoms in total. The summed E-state index contributed by atoms with van der Waals surface area (Å²) in [5, 5.41) is 9.05. The number of phenolic OH excluding ortho intramolecular Hbond substituents is 1. The third-order valence-corrected chi connectivity index (χ3v) is 4.01. The molecule has 0 bridgehead atoms. The fraction of sp³-hybridized carbons (Fsp3) is 0.455. The molecule has 4 heteroatoms. The first kappa shape index (κ1) is 12.0. The average molecular weight is 228 g/mol. The topological polar surface area (TPSA) is 54.4 Å². The summed E-state index contributed by atoms with van der Waals surface area (Å²) in [4.78, 5) is 0. The molecule has 0 aliphatic heterocycles. The SMILES string of the molecule is CCCS(=O)(=O)CCc1ccc(O)cc1. The highest BCUT2D eigenvalue weighted by Gasteiger charge is 2.08. The van der Waals surface area contributed by atoms with E-state index in [1.54, 1.807) is 24.3 Å². The van der Waals surface area contributed by atoms with Crippen molar-refractivity contribution in [1.82, 2.24) is 0 Å². The lowest BCUT2D eigenvalue weighted by atomic mass is 10.2. The summed E-state index contributed by atoms with van der Waals surface area (Å²) < 4.78 is 22.8. The van der Waals surface area contributed by atoms with Gasteiger partial charge in [-0.15, -0.1) is 0 Å². The molecule has 0 aromatic heterocycles. The van der Waals surface area contributed by atoms with Crippen molar-refractivity contribution in [3.63, 3.8) is 0 Å². The summed E-state index contributed by atoms with van der Waals surface area (Å²) in [5.74, 6) is 0.645. The Kier molecular flexibility index (Phi) is 4.15. The first-order valence-corrected chi connectivity index (χ1v) is 6.84. The van der Waals surface area contributed by atoms with Crippen LogP contribution in [0.4, 0.5) is 0 Å². The van der Waals surface area contributed by atoms with Gasteiger partial charge in [-0.3, -0.25) is 0 Å².